The van der Waals surface area contributed by atoms with Gasteiger partial charge in [0.05, 0.1) is 0 Å². The van der Waals surface area contributed by atoms with Crippen LogP contribution in [0.1, 0.15) is 348 Å². The molecule has 6 heteroatoms. The zero-order valence-corrected chi connectivity index (χ0v) is 53.1. The predicted octanol–water partition coefficient (Wildman–Crippen LogP) is 23.8. The Balaban J connectivity index is 4.03. The summed E-state index contributed by atoms with van der Waals surface area (Å²) in [6.07, 6.45) is 90.7. The highest BCUT2D eigenvalue weighted by Crippen LogP contribution is 2.17. The topological polar surface area (TPSA) is 78.9 Å². The largest absolute Gasteiger partial charge is 0.462 e. The van der Waals surface area contributed by atoms with Gasteiger partial charge in [-0.3, -0.25) is 14.4 Å². The van der Waals surface area contributed by atoms with Gasteiger partial charge in [-0.1, -0.05) is 318 Å². The summed E-state index contributed by atoms with van der Waals surface area (Å²) in [5.74, 6) is -0.869. The Bertz CT molecular complexity index is 1520. The van der Waals surface area contributed by atoms with Crippen molar-refractivity contribution in [3.8, 4) is 0 Å². The highest BCUT2D eigenvalue weighted by Gasteiger charge is 2.19. The molecule has 0 radical (unpaired) electrons. The van der Waals surface area contributed by atoms with E-state index in [0.29, 0.717) is 19.3 Å². The van der Waals surface area contributed by atoms with Crippen LogP contribution in [0.15, 0.2) is 85.1 Å². The molecule has 0 aromatic carbocycles. The van der Waals surface area contributed by atoms with Gasteiger partial charge in [0.15, 0.2) is 6.10 Å². The molecule has 0 aliphatic carbocycles. The Morgan fingerprint density at radius 3 is 0.762 bits per heavy atom. The van der Waals surface area contributed by atoms with Crippen LogP contribution in [0.5, 0.6) is 0 Å². The van der Waals surface area contributed by atoms with Gasteiger partial charge in [0.25, 0.3) is 0 Å². The monoisotopic (exact) mass is 1110 g/mol. The first-order valence-electron chi connectivity index (χ1n) is 34.6. The Morgan fingerprint density at radius 1 is 0.263 bits per heavy atom. The molecule has 462 valence electrons. The van der Waals surface area contributed by atoms with Crippen LogP contribution in [0.4, 0.5) is 0 Å². The number of unbranched alkanes of at least 4 members (excludes halogenated alkanes) is 38. The molecule has 0 spiro atoms. The Labute approximate surface area is 496 Å². The third-order valence-corrected chi connectivity index (χ3v) is 15.1. The van der Waals surface area contributed by atoms with Gasteiger partial charge in [-0.25, -0.2) is 0 Å². The third-order valence-electron chi connectivity index (χ3n) is 15.1. The molecule has 0 N–H and O–H groups in total. The molecule has 0 aliphatic rings. The predicted molar refractivity (Wildman–Crippen MR) is 348 cm³/mol. The maximum Gasteiger partial charge on any atom is 0.306 e. The van der Waals surface area contributed by atoms with Crippen LogP contribution >= 0.6 is 0 Å². The summed E-state index contributed by atoms with van der Waals surface area (Å²) in [5.41, 5.74) is 0. The normalized spacial score (nSPS) is 12.6. The summed E-state index contributed by atoms with van der Waals surface area (Å²) in [4.78, 5) is 38.1. The molecular formula is C74H130O6. The smallest absolute Gasteiger partial charge is 0.306 e. The quantitative estimate of drug-likeness (QED) is 0.0261. The molecule has 1 unspecified atom stereocenters. The second kappa shape index (κ2) is 68.1. The molecule has 0 aliphatic heterocycles. The first-order chi connectivity index (χ1) is 39.5. The van der Waals surface area contributed by atoms with Gasteiger partial charge >= 0.3 is 17.9 Å². The van der Waals surface area contributed by atoms with Crippen molar-refractivity contribution in [3.05, 3.63) is 85.1 Å². The van der Waals surface area contributed by atoms with E-state index in [1.165, 1.54) is 212 Å². The lowest BCUT2D eigenvalue weighted by Crippen LogP contribution is -2.30. The van der Waals surface area contributed by atoms with E-state index in [0.717, 1.165) is 96.3 Å². The maximum atomic E-state index is 12.9. The minimum atomic E-state index is -0.773. The fourth-order valence-electron chi connectivity index (χ4n) is 9.97. The molecule has 1 atom stereocenters. The molecule has 0 aromatic rings. The second-order valence-corrected chi connectivity index (χ2v) is 23.1. The van der Waals surface area contributed by atoms with Gasteiger partial charge in [-0.2, -0.15) is 0 Å². The SMILES string of the molecule is CC/C=C\C/C=C\C/C=C\C/C=C\C/C=C\CCCCCCCCCCCCCCCC(=O)OCC(COC(=O)CCCCCCCC)OC(=O)CCCCCCCCCCCCCCCCC/C=C\C/C=C\CCCCCCC. The number of carbonyl (C=O) groups excluding carboxylic acids is 3. The molecule has 0 rings (SSSR count). The van der Waals surface area contributed by atoms with Crippen molar-refractivity contribution in [2.24, 2.45) is 0 Å². The van der Waals surface area contributed by atoms with E-state index in [1.807, 2.05) is 0 Å². The lowest BCUT2D eigenvalue weighted by molar-refractivity contribution is -0.167. The van der Waals surface area contributed by atoms with E-state index in [-0.39, 0.29) is 31.1 Å². The van der Waals surface area contributed by atoms with Crippen molar-refractivity contribution >= 4 is 17.9 Å². The van der Waals surface area contributed by atoms with E-state index in [4.69, 9.17) is 14.2 Å². The first-order valence-corrected chi connectivity index (χ1v) is 34.6. The van der Waals surface area contributed by atoms with Crippen molar-refractivity contribution in [2.75, 3.05) is 13.2 Å². The maximum absolute atomic E-state index is 12.9. The average Bonchev–Trinajstić information content (AvgIpc) is 3.46. The van der Waals surface area contributed by atoms with Crippen molar-refractivity contribution in [1.29, 1.82) is 0 Å². The van der Waals surface area contributed by atoms with Crippen LogP contribution in [-0.4, -0.2) is 37.2 Å². The van der Waals surface area contributed by atoms with E-state index in [1.54, 1.807) is 0 Å². The summed E-state index contributed by atoms with van der Waals surface area (Å²) in [6.45, 7) is 6.50. The first kappa shape index (κ1) is 76.6. The molecule has 0 amide bonds. The van der Waals surface area contributed by atoms with Crippen LogP contribution < -0.4 is 0 Å². The van der Waals surface area contributed by atoms with Crippen LogP contribution in [0.25, 0.3) is 0 Å². The highest BCUT2D eigenvalue weighted by molar-refractivity contribution is 5.71. The van der Waals surface area contributed by atoms with E-state index in [9.17, 15) is 14.4 Å². The van der Waals surface area contributed by atoms with Crippen molar-refractivity contribution in [3.63, 3.8) is 0 Å². The van der Waals surface area contributed by atoms with Gasteiger partial charge < -0.3 is 14.2 Å². The molecule has 80 heavy (non-hydrogen) atoms. The molecule has 0 aromatic heterocycles. The van der Waals surface area contributed by atoms with Crippen molar-refractivity contribution in [2.45, 2.75) is 354 Å². The highest BCUT2D eigenvalue weighted by atomic mass is 16.6. The van der Waals surface area contributed by atoms with Crippen molar-refractivity contribution < 1.29 is 28.6 Å². The zero-order valence-electron chi connectivity index (χ0n) is 53.1. The van der Waals surface area contributed by atoms with Crippen LogP contribution in [-0.2, 0) is 28.6 Å². The van der Waals surface area contributed by atoms with Gasteiger partial charge in [-0.15, -0.1) is 0 Å². The summed E-state index contributed by atoms with van der Waals surface area (Å²) >= 11 is 0. The number of hydrogen-bond donors (Lipinski definition) is 0. The lowest BCUT2D eigenvalue weighted by atomic mass is 10.0. The Hall–Kier alpha value is -3.41. The Kier molecular flexibility index (Phi) is 65.2. The average molecular weight is 1120 g/mol. The van der Waals surface area contributed by atoms with E-state index < -0.39 is 6.10 Å². The minimum Gasteiger partial charge on any atom is -0.462 e. The van der Waals surface area contributed by atoms with Crippen molar-refractivity contribution in [1.82, 2.24) is 0 Å². The minimum absolute atomic E-state index is 0.0733. The molecule has 0 bridgehead atoms. The number of allylic oxidation sites excluding steroid dienone is 14. The summed E-state index contributed by atoms with van der Waals surface area (Å²) in [5, 5.41) is 0. The third kappa shape index (κ3) is 65.4. The number of carbonyl (C=O) groups is 3. The van der Waals surface area contributed by atoms with Crippen LogP contribution in [0, 0.1) is 0 Å². The number of rotatable bonds is 63. The summed E-state index contributed by atoms with van der Waals surface area (Å²) < 4.78 is 16.9. The number of esters is 3. The molecule has 6 nitrogen and oxygen atoms in total. The van der Waals surface area contributed by atoms with E-state index in [2.05, 4.69) is 106 Å². The standard InChI is InChI=1S/C74H130O6/c1-4-7-10-13-16-18-20-22-24-26-28-30-32-34-36-37-39-40-42-44-46-48-50-52-54-56-58-61-64-67-73(76)79-70-71(69-78-72(75)66-63-60-15-12-9-6-3)80-74(77)68-65-62-59-57-55-53-51-49-47-45-43-41-38-35-33-31-29-27-25-23-21-19-17-14-11-8-5-2/h7,10,16,18,21-24,27-30,34,36,71H,4-6,8-9,11-15,17,19-20,25-26,31-33,35,37-70H2,1-3H3/b10-7-,18-16-,23-21-,24-22-,29-27-,30-28-,36-34-. The number of hydrogen-bond acceptors (Lipinski definition) is 6. The molecular weight excluding hydrogens is 985 g/mol. The zero-order chi connectivity index (χ0) is 57.8. The molecule has 0 saturated carbocycles. The van der Waals surface area contributed by atoms with Crippen LogP contribution in [0.2, 0.25) is 0 Å². The van der Waals surface area contributed by atoms with Gasteiger partial charge in [0.2, 0.25) is 0 Å². The van der Waals surface area contributed by atoms with Crippen LogP contribution in [0.3, 0.4) is 0 Å². The van der Waals surface area contributed by atoms with Gasteiger partial charge in [-0.05, 0) is 96.3 Å². The van der Waals surface area contributed by atoms with Gasteiger partial charge in [0, 0.05) is 19.3 Å². The summed E-state index contributed by atoms with van der Waals surface area (Å²) in [6, 6.07) is 0. The molecule has 0 saturated heterocycles. The molecule has 0 heterocycles. The summed E-state index contributed by atoms with van der Waals surface area (Å²) in [7, 11) is 0. The van der Waals surface area contributed by atoms with E-state index >= 15 is 0 Å². The number of ether oxygens (including phenoxy) is 3. The Morgan fingerprint density at radius 2 is 0.487 bits per heavy atom. The lowest BCUT2D eigenvalue weighted by Gasteiger charge is -2.18. The fourth-order valence-corrected chi connectivity index (χ4v) is 9.97. The van der Waals surface area contributed by atoms with Gasteiger partial charge in [0.1, 0.15) is 13.2 Å². The molecule has 0 fully saturated rings. The fraction of sp³-hybridized carbons (Fsp3) is 0.770. The second-order valence-electron chi connectivity index (χ2n) is 23.1.